The Labute approximate surface area is 331 Å². The van der Waals surface area contributed by atoms with Gasteiger partial charge in [0.1, 0.15) is 42.4 Å². The summed E-state index contributed by atoms with van der Waals surface area (Å²) in [5.74, 6) is -3.54. The van der Waals surface area contributed by atoms with Crippen molar-refractivity contribution in [3.8, 4) is 0 Å². The average molecular weight is 792 g/mol. The maximum Gasteiger partial charge on any atom is 0.329 e. The summed E-state index contributed by atoms with van der Waals surface area (Å²) in [4.78, 5) is 102. The first-order chi connectivity index (χ1) is 26.8. The predicted octanol–water partition coefficient (Wildman–Crippen LogP) is 2.62. The van der Waals surface area contributed by atoms with Crippen molar-refractivity contribution in [3.63, 3.8) is 0 Å². The number of anilines is 1. The third kappa shape index (κ3) is 9.26. The topological polar surface area (TPSA) is 187 Å². The van der Waals surface area contributed by atoms with E-state index in [1.807, 2.05) is 13.0 Å². The molecule has 0 spiro atoms. The Morgan fingerprint density at radius 1 is 0.839 bits per heavy atom. The number of nitrogens with one attached hydrogen (secondary N) is 4. The number of fused-ring (bicyclic) bond motifs is 3. The van der Waals surface area contributed by atoms with E-state index in [0.717, 1.165) is 5.56 Å². The van der Waals surface area contributed by atoms with Gasteiger partial charge >= 0.3 is 12.0 Å². The zero-order valence-electron chi connectivity index (χ0n) is 31.9. The van der Waals surface area contributed by atoms with Crippen molar-refractivity contribution in [2.45, 2.75) is 108 Å². The molecule has 4 fully saturated rings. The van der Waals surface area contributed by atoms with Crippen LogP contribution in [0.1, 0.15) is 64.9 Å². The third-order valence-corrected chi connectivity index (χ3v) is 11.3. The van der Waals surface area contributed by atoms with Crippen molar-refractivity contribution in [1.82, 2.24) is 30.7 Å². The molecule has 1 unspecified atom stereocenters. The third-order valence-electron chi connectivity index (χ3n) is 11.0. The van der Waals surface area contributed by atoms with Gasteiger partial charge in [0.05, 0.1) is 0 Å². The summed E-state index contributed by atoms with van der Waals surface area (Å²) in [7, 11) is 0. The number of ether oxygens (including phenoxy) is 1. The number of rotatable bonds is 6. The van der Waals surface area contributed by atoms with Gasteiger partial charge in [-0.25, -0.2) is 9.59 Å². The van der Waals surface area contributed by atoms with Crippen LogP contribution in [0.5, 0.6) is 0 Å². The lowest BCUT2D eigenvalue weighted by molar-refractivity contribution is -0.163. The largest absolute Gasteiger partial charge is 0.458 e. The normalized spacial score (nSPS) is 28.0. The molecule has 4 aliphatic heterocycles. The highest BCUT2D eigenvalue weighted by Gasteiger charge is 2.47. The fourth-order valence-corrected chi connectivity index (χ4v) is 8.36. The number of piperidine rings is 1. The van der Waals surface area contributed by atoms with Gasteiger partial charge in [-0.1, -0.05) is 54.9 Å². The Bertz CT molecular complexity index is 1830. The van der Waals surface area contributed by atoms with Gasteiger partial charge in [0.25, 0.3) is 0 Å². The van der Waals surface area contributed by atoms with Crippen molar-refractivity contribution in [1.29, 1.82) is 0 Å². The van der Waals surface area contributed by atoms with Crippen LogP contribution in [-0.2, 0) is 39.9 Å². The molecule has 16 heteroatoms. The molecule has 0 aromatic heterocycles. The van der Waals surface area contributed by atoms with Crippen LogP contribution < -0.4 is 21.3 Å². The fraction of sp³-hybridized carbons (Fsp3) is 0.525. The minimum absolute atomic E-state index is 0.0448. The monoisotopic (exact) mass is 791 g/mol. The number of amides is 7. The van der Waals surface area contributed by atoms with Crippen molar-refractivity contribution in [3.05, 3.63) is 65.2 Å². The first kappa shape index (κ1) is 40.5. The van der Waals surface area contributed by atoms with Gasteiger partial charge in [-0.05, 0) is 82.1 Å². The smallest absolute Gasteiger partial charge is 0.329 e. The molecule has 15 nitrogen and oxygen atoms in total. The number of carbonyl (C=O) groups is 7. The summed E-state index contributed by atoms with van der Waals surface area (Å²) in [5.41, 5.74) is 1.11. The van der Waals surface area contributed by atoms with Crippen LogP contribution in [0.4, 0.5) is 10.5 Å². The fourth-order valence-electron chi connectivity index (χ4n) is 8.17. The molecule has 0 bridgehead atoms. The molecule has 0 saturated carbocycles. The lowest BCUT2D eigenvalue weighted by atomic mass is 9.99. The molecule has 0 radical (unpaired) electrons. The Kier molecular flexibility index (Phi) is 12.8. The van der Waals surface area contributed by atoms with Gasteiger partial charge < -0.3 is 40.7 Å². The van der Waals surface area contributed by atoms with E-state index >= 15 is 0 Å². The SMILES string of the molecule is CC1C[C@H]2C(=O)O[C@@H](C)[C@H](NC(=O)[C@H](Cc3ccccc3)NC(=O)Nc3cccc(Cl)c3)C(=O)N3CCC[C@H]3C(=O)N3CCCC[C@H]3C(=O)N[C@@H](C)C(=O)N2C1. The number of esters is 1. The molecule has 0 aliphatic carbocycles. The van der Waals surface area contributed by atoms with Crippen molar-refractivity contribution in [2.24, 2.45) is 5.92 Å². The first-order valence-electron chi connectivity index (χ1n) is 19.4. The Hall–Kier alpha value is -5.18. The minimum Gasteiger partial charge on any atom is -0.458 e. The zero-order valence-corrected chi connectivity index (χ0v) is 32.6. The molecule has 2 aromatic carbocycles. The number of urea groups is 1. The van der Waals surface area contributed by atoms with Gasteiger partial charge in [-0.2, -0.15) is 0 Å². The van der Waals surface area contributed by atoms with E-state index in [4.69, 9.17) is 16.3 Å². The Morgan fingerprint density at radius 3 is 2.30 bits per heavy atom. The molecular weight excluding hydrogens is 742 g/mol. The maximum atomic E-state index is 14.7. The van der Waals surface area contributed by atoms with E-state index in [2.05, 4.69) is 21.3 Å². The van der Waals surface area contributed by atoms with Crippen LogP contribution in [0, 0.1) is 5.92 Å². The van der Waals surface area contributed by atoms with Crippen molar-refractivity contribution in [2.75, 3.05) is 25.0 Å². The molecule has 300 valence electrons. The number of hydrogen-bond acceptors (Lipinski definition) is 8. The summed E-state index contributed by atoms with van der Waals surface area (Å²) >= 11 is 6.11. The number of benzene rings is 2. The average Bonchev–Trinajstić information content (AvgIpc) is 3.83. The number of cyclic esters (lactones) is 1. The molecule has 2 aromatic rings. The molecule has 7 amide bonds. The molecule has 4 aliphatic rings. The number of nitrogens with zero attached hydrogens (tertiary/aromatic N) is 3. The summed E-state index contributed by atoms with van der Waals surface area (Å²) in [6.07, 6.45) is 1.68. The van der Waals surface area contributed by atoms with Gasteiger partial charge in [-0.3, -0.25) is 24.0 Å². The maximum absolute atomic E-state index is 14.7. The van der Waals surface area contributed by atoms with E-state index in [-0.39, 0.29) is 25.4 Å². The van der Waals surface area contributed by atoms with E-state index in [1.165, 1.54) is 21.6 Å². The van der Waals surface area contributed by atoms with Crippen LogP contribution in [0.15, 0.2) is 54.6 Å². The standard InChI is InChI=1S/C40H50ClN7O8/c1-23-19-32-39(54)56-25(3)33(45-34(49)29(20-26-11-5-4-6-12-26)44-40(55)43-28-14-9-13-27(41)21-28)38(53)47-18-10-16-31(47)37(52)46-17-8-7-15-30(46)35(50)42-24(2)36(51)48(32)22-23/h4-6,9,11-14,21,23-25,29-33H,7-8,10,15-20,22H2,1-3H3,(H,42,50)(H,45,49)(H2,43,44,55)/t23?,24-,25-,29-,30-,31-,32-,33-/m0/s1. The van der Waals surface area contributed by atoms with E-state index in [9.17, 15) is 33.6 Å². The first-order valence-corrected chi connectivity index (χ1v) is 19.8. The predicted molar refractivity (Wildman–Crippen MR) is 206 cm³/mol. The molecule has 56 heavy (non-hydrogen) atoms. The Morgan fingerprint density at radius 2 is 1.55 bits per heavy atom. The highest BCUT2D eigenvalue weighted by Crippen LogP contribution is 2.29. The van der Waals surface area contributed by atoms with Crippen LogP contribution >= 0.6 is 11.6 Å². The number of hydrogen-bond donors (Lipinski definition) is 4. The second-order valence-corrected chi connectivity index (χ2v) is 15.7. The van der Waals surface area contributed by atoms with Crippen molar-refractivity contribution >= 4 is 58.8 Å². The molecular formula is C40H50ClN7O8. The zero-order chi connectivity index (χ0) is 40.1. The minimum atomic E-state index is -1.48. The second kappa shape index (κ2) is 17.7. The molecule has 4 N–H and O–H groups in total. The van der Waals surface area contributed by atoms with Gasteiger partial charge in [0.2, 0.25) is 29.5 Å². The Balaban J connectivity index is 1.32. The van der Waals surface area contributed by atoms with Gasteiger partial charge in [0, 0.05) is 36.8 Å². The molecule has 4 saturated heterocycles. The lowest BCUT2D eigenvalue weighted by Gasteiger charge is -2.39. The van der Waals surface area contributed by atoms with Crippen LogP contribution in [0.2, 0.25) is 5.02 Å². The van der Waals surface area contributed by atoms with Gasteiger partial charge in [0.15, 0.2) is 0 Å². The summed E-state index contributed by atoms with van der Waals surface area (Å²) in [5, 5.41) is 11.4. The molecule has 6 rings (SSSR count). The lowest BCUT2D eigenvalue weighted by Crippen LogP contribution is -2.63. The van der Waals surface area contributed by atoms with Crippen molar-refractivity contribution < 1.29 is 38.3 Å². The second-order valence-electron chi connectivity index (χ2n) is 15.3. The van der Waals surface area contributed by atoms with E-state index < -0.39 is 83.9 Å². The van der Waals surface area contributed by atoms with Crippen LogP contribution in [-0.4, -0.2) is 118 Å². The highest BCUT2D eigenvalue weighted by atomic mass is 35.5. The number of halogens is 1. The van der Waals surface area contributed by atoms with Crippen LogP contribution in [0.25, 0.3) is 0 Å². The van der Waals surface area contributed by atoms with Gasteiger partial charge in [-0.15, -0.1) is 0 Å². The summed E-state index contributed by atoms with van der Waals surface area (Å²) in [6.45, 7) is 5.69. The highest BCUT2D eigenvalue weighted by molar-refractivity contribution is 6.30. The molecule has 8 atom stereocenters. The van der Waals surface area contributed by atoms with E-state index in [0.29, 0.717) is 55.8 Å². The van der Waals surface area contributed by atoms with Crippen LogP contribution in [0.3, 0.4) is 0 Å². The summed E-state index contributed by atoms with van der Waals surface area (Å²) in [6, 6.07) is 8.37. The van der Waals surface area contributed by atoms with E-state index in [1.54, 1.807) is 55.5 Å². The quantitative estimate of drug-likeness (QED) is 0.322. The molecule has 4 heterocycles. The number of carbonyl (C=O) groups excluding carboxylic acids is 7. The summed E-state index contributed by atoms with van der Waals surface area (Å²) < 4.78 is 5.94.